The Balaban J connectivity index is 2.86. The maximum atomic E-state index is 11.2. The van der Waals surface area contributed by atoms with Gasteiger partial charge in [-0.2, -0.15) is 5.10 Å². The molecule has 1 aromatic heterocycles. The van der Waals surface area contributed by atoms with Crippen LogP contribution in [-0.4, -0.2) is 14.3 Å². The Morgan fingerprint density at radius 1 is 1.42 bits per heavy atom. The first kappa shape index (κ1) is 9.03. The minimum atomic E-state index is -0.0406. The van der Waals surface area contributed by atoms with Crippen LogP contribution in [-0.2, 0) is 20.5 Å². The summed E-state index contributed by atoms with van der Waals surface area (Å²) in [5, 5.41) is 4.11. The molecule has 0 bridgehead atoms. The zero-order valence-electron chi connectivity index (χ0n) is 7.87. The Morgan fingerprint density at radius 3 is 2.50 bits per heavy atom. The fourth-order valence-electron chi connectivity index (χ4n) is 1.16. The lowest BCUT2D eigenvalue weighted by Crippen LogP contribution is -2.20. The predicted octanol–water partition coefficient (Wildman–Crippen LogP) is 0.461. The first-order chi connectivity index (χ1) is 5.66. The molecule has 4 heteroatoms. The van der Waals surface area contributed by atoms with E-state index in [0.717, 1.165) is 25.1 Å². The van der Waals surface area contributed by atoms with Crippen molar-refractivity contribution in [2.75, 3.05) is 0 Å². The van der Waals surface area contributed by atoms with E-state index in [1.807, 2.05) is 0 Å². The number of aromatic nitrogens is 3. The molecule has 1 rings (SSSR count). The van der Waals surface area contributed by atoms with Crippen LogP contribution in [0.3, 0.4) is 0 Å². The average Bonchev–Trinajstić information content (AvgIpc) is 2.30. The Kier molecular flexibility index (Phi) is 2.68. The molecule has 1 heterocycles. The van der Waals surface area contributed by atoms with Crippen molar-refractivity contribution in [2.24, 2.45) is 14.1 Å². The van der Waals surface area contributed by atoms with Crippen LogP contribution in [0.1, 0.15) is 25.6 Å². The summed E-state index contributed by atoms with van der Waals surface area (Å²) >= 11 is 0. The van der Waals surface area contributed by atoms with Crippen molar-refractivity contribution in [3.63, 3.8) is 0 Å². The number of rotatable bonds is 3. The van der Waals surface area contributed by atoms with E-state index in [1.165, 1.54) is 4.68 Å². The molecule has 0 aliphatic carbocycles. The van der Waals surface area contributed by atoms with E-state index in [0.29, 0.717) is 0 Å². The van der Waals surface area contributed by atoms with Crippen LogP contribution in [0.15, 0.2) is 4.79 Å². The standard InChI is InChI=1S/C8H15N3O/c1-4-5-6-7-9-11(3)8(12)10(7)2/h4-6H2,1-3H3. The highest BCUT2D eigenvalue weighted by molar-refractivity contribution is 4.85. The van der Waals surface area contributed by atoms with E-state index in [9.17, 15) is 4.79 Å². The highest BCUT2D eigenvalue weighted by Crippen LogP contribution is 1.97. The smallest absolute Gasteiger partial charge is 0.282 e. The average molecular weight is 169 g/mol. The SMILES string of the molecule is CCCCc1nn(C)c(=O)n1C. The summed E-state index contributed by atoms with van der Waals surface area (Å²) in [7, 11) is 3.44. The fourth-order valence-corrected chi connectivity index (χ4v) is 1.16. The van der Waals surface area contributed by atoms with Crippen molar-refractivity contribution < 1.29 is 0 Å². The Morgan fingerprint density at radius 2 is 2.08 bits per heavy atom. The highest BCUT2D eigenvalue weighted by Gasteiger charge is 2.05. The third kappa shape index (κ3) is 1.57. The molecule has 0 aliphatic heterocycles. The fraction of sp³-hybridized carbons (Fsp3) is 0.750. The molecule has 4 nitrogen and oxygen atoms in total. The first-order valence-corrected chi connectivity index (χ1v) is 4.25. The van der Waals surface area contributed by atoms with E-state index in [4.69, 9.17) is 0 Å². The van der Waals surface area contributed by atoms with Crippen LogP contribution < -0.4 is 5.69 Å². The highest BCUT2D eigenvalue weighted by atomic mass is 16.2. The van der Waals surface area contributed by atoms with Crippen molar-refractivity contribution in [3.8, 4) is 0 Å². The zero-order chi connectivity index (χ0) is 9.14. The van der Waals surface area contributed by atoms with Crippen molar-refractivity contribution in [1.29, 1.82) is 0 Å². The van der Waals surface area contributed by atoms with Gasteiger partial charge in [-0.25, -0.2) is 9.48 Å². The van der Waals surface area contributed by atoms with Gasteiger partial charge >= 0.3 is 5.69 Å². The van der Waals surface area contributed by atoms with Crippen molar-refractivity contribution in [1.82, 2.24) is 14.3 Å². The third-order valence-corrected chi connectivity index (χ3v) is 1.97. The normalized spacial score (nSPS) is 10.6. The number of hydrogen-bond acceptors (Lipinski definition) is 2. The molecule has 0 aromatic carbocycles. The quantitative estimate of drug-likeness (QED) is 0.659. The van der Waals surface area contributed by atoms with Crippen molar-refractivity contribution >= 4 is 0 Å². The molecule has 0 fully saturated rings. The summed E-state index contributed by atoms with van der Waals surface area (Å²) in [6.45, 7) is 2.13. The van der Waals surface area contributed by atoms with Gasteiger partial charge in [-0.05, 0) is 6.42 Å². The number of hydrogen-bond donors (Lipinski definition) is 0. The maximum Gasteiger partial charge on any atom is 0.345 e. The lowest BCUT2D eigenvalue weighted by molar-refractivity contribution is 0.695. The lowest BCUT2D eigenvalue weighted by Gasteiger charge is -1.95. The van der Waals surface area contributed by atoms with E-state index < -0.39 is 0 Å². The van der Waals surface area contributed by atoms with Crippen LogP contribution >= 0.6 is 0 Å². The minimum Gasteiger partial charge on any atom is -0.282 e. The van der Waals surface area contributed by atoms with Crippen LogP contribution in [0, 0.1) is 0 Å². The molecule has 0 N–H and O–H groups in total. The summed E-state index contributed by atoms with van der Waals surface area (Å²) in [4.78, 5) is 11.2. The second kappa shape index (κ2) is 3.56. The molecule has 0 saturated carbocycles. The molecule has 12 heavy (non-hydrogen) atoms. The zero-order valence-corrected chi connectivity index (χ0v) is 7.87. The van der Waals surface area contributed by atoms with Gasteiger partial charge in [0.2, 0.25) is 0 Å². The van der Waals surface area contributed by atoms with Gasteiger partial charge in [-0.15, -0.1) is 0 Å². The number of unbranched alkanes of at least 4 members (excludes halogenated alkanes) is 1. The van der Waals surface area contributed by atoms with Gasteiger partial charge in [-0.3, -0.25) is 4.57 Å². The largest absolute Gasteiger partial charge is 0.345 e. The van der Waals surface area contributed by atoms with Crippen LogP contribution in [0.5, 0.6) is 0 Å². The topological polar surface area (TPSA) is 39.8 Å². The lowest BCUT2D eigenvalue weighted by atomic mass is 10.2. The Hall–Kier alpha value is -1.06. The molecule has 0 spiro atoms. The minimum absolute atomic E-state index is 0.0406. The second-order valence-corrected chi connectivity index (χ2v) is 2.98. The molecule has 0 unspecified atom stereocenters. The molecular formula is C8H15N3O. The van der Waals surface area contributed by atoms with Gasteiger partial charge < -0.3 is 0 Å². The van der Waals surface area contributed by atoms with E-state index in [2.05, 4.69) is 12.0 Å². The monoisotopic (exact) mass is 169 g/mol. The summed E-state index contributed by atoms with van der Waals surface area (Å²) in [5.41, 5.74) is -0.0406. The van der Waals surface area contributed by atoms with E-state index in [1.54, 1.807) is 18.7 Å². The molecular weight excluding hydrogens is 154 g/mol. The van der Waals surface area contributed by atoms with Crippen molar-refractivity contribution in [2.45, 2.75) is 26.2 Å². The van der Waals surface area contributed by atoms with E-state index >= 15 is 0 Å². The van der Waals surface area contributed by atoms with Gasteiger partial charge in [0.1, 0.15) is 5.82 Å². The number of nitrogens with zero attached hydrogens (tertiary/aromatic N) is 3. The van der Waals surface area contributed by atoms with Crippen LogP contribution in [0.25, 0.3) is 0 Å². The van der Waals surface area contributed by atoms with Gasteiger partial charge in [0.25, 0.3) is 0 Å². The molecule has 0 saturated heterocycles. The van der Waals surface area contributed by atoms with Crippen LogP contribution in [0.2, 0.25) is 0 Å². The molecule has 68 valence electrons. The van der Waals surface area contributed by atoms with Gasteiger partial charge in [0.05, 0.1) is 0 Å². The van der Waals surface area contributed by atoms with E-state index in [-0.39, 0.29) is 5.69 Å². The number of aryl methyl sites for hydroxylation is 2. The molecule has 1 aromatic rings. The first-order valence-electron chi connectivity index (χ1n) is 4.25. The summed E-state index contributed by atoms with van der Waals surface area (Å²) in [6, 6.07) is 0. The molecule has 0 atom stereocenters. The van der Waals surface area contributed by atoms with Gasteiger partial charge in [0, 0.05) is 20.5 Å². The summed E-state index contributed by atoms with van der Waals surface area (Å²) < 4.78 is 2.99. The Labute approximate surface area is 71.8 Å². The maximum absolute atomic E-state index is 11.2. The van der Waals surface area contributed by atoms with Gasteiger partial charge in [0.15, 0.2) is 0 Å². The predicted molar refractivity (Wildman–Crippen MR) is 47.1 cm³/mol. The van der Waals surface area contributed by atoms with Gasteiger partial charge in [-0.1, -0.05) is 13.3 Å². The Bertz CT molecular complexity index is 311. The third-order valence-electron chi connectivity index (χ3n) is 1.97. The summed E-state index contributed by atoms with van der Waals surface area (Å²) in [5.74, 6) is 0.879. The van der Waals surface area contributed by atoms with Crippen LogP contribution in [0.4, 0.5) is 0 Å². The molecule has 0 amide bonds. The molecule has 0 aliphatic rings. The second-order valence-electron chi connectivity index (χ2n) is 2.98. The molecule has 0 radical (unpaired) electrons. The summed E-state index contributed by atoms with van der Waals surface area (Å²) in [6.07, 6.45) is 3.11. The van der Waals surface area contributed by atoms with Crippen molar-refractivity contribution in [3.05, 3.63) is 16.3 Å².